The summed E-state index contributed by atoms with van der Waals surface area (Å²) in [7, 11) is -3.60. The topological polar surface area (TPSA) is 87.7 Å². The molecule has 2 rings (SSSR count). The molecule has 2 N–H and O–H groups in total. The molecule has 2 aromatic heterocycles. The summed E-state index contributed by atoms with van der Waals surface area (Å²) >= 11 is 0. The van der Waals surface area contributed by atoms with E-state index in [1.165, 1.54) is 12.4 Å². The molecule has 0 spiro atoms. The molecule has 0 aromatic carbocycles. The summed E-state index contributed by atoms with van der Waals surface area (Å²) in [5.41, 5.74) is 0.412. The molecule has 0 aliphatic heterocycles. The largest absolute Gasteiger partial charge is 0.332 e. The highest BCUT2D eigenvalue weighted by Crippen LogP contribution is 2.12. The van der Waals surface area contributed by atoms with Gasteiger partial charge in [0.15, 0.2) is 5.03 Å². The summed E-state index contributed by atoms with van der Waals surface area (Å²) in [6, 6.07) is 3.27. The van der Waals surface area contributed by atoms with Crippen LogP contribution in [0.1, 0.15) is 5.82 Å². The number of nitrogens with one attached hydrogen (secondary N) is 2. The van der Waals surface area contributed by atoms with Crippen LogP contribution < -0.4 is 4.72 Å². The fraction of sp³-hybridized carbons (Fsp3) is 0.111. The van der Waals surface area contributed by atoms with Gasteiger partial charge in [-0.1, -0.05) is 0 Å². The van der Waals surface area contributed by atoms with Gasteiger partial charge in [-0.2, -0.15) is 8.42 Å². The Morgan fingerprint density at radius 1 is 1.38 bits per heavy atom. The van der Waals surface area contributed by atoms with Gasteiger partial charge in [-0.3, -0.25) is 9.71 Å². The van der Waals surface area contributed by atoms with Gasteiger partial charge in [0.25, 0.3) is 10.0 Å². The van der Waals surface area contributed by atoms with Gasteiger partial charge in [0.2, 0.25) is 0 Å². The van der Waals surface area contributed by atoms with Gasteiger partial charge < -0.3 is 4.98 Å². The molecule has 2 aromatic rings. The van der Waals surface area contributed by atoms with Crippen molar-refractivity contribution in [2.24, 2.45) is 0 Å². The van der Waals surface area contributed by atoms with Crippen LogP contribution in [0.25, 0.3) is 0 Å². The first-order valence-corrected chi connectivity index (χ1v) is 6.01. The summed E-state index contributed by atoms with van der Waals surface area (Å²) in [6.45, 7) is 1.68. The van der Waals surface area contributed by atoms with E-state index in [1.54, 1.807) is 25.3 Å². The highest BCUT2D eigenvalue weighted by Gasteiger charge is 2.16. The molecule has 0 aliphatic rings. The lowest BCUT2D eigenvalue weighted by atomic mass is 10.4. The maximum Gasteiger partial charge on any atom is 0.279 e. The van der Waals surface area contributed by atoms with Gasteiger partial charge in [0.1, 0.15) is 5.82 Å². The number of imidazole rings is 1. The minimum absolute atomic E-state index is 0.0360. The number of aromatic amines is 1. The molecular formula is C9H10N4O2S. The molecule has 0 atom stereocenters. The van der Waals surface area contributed by atoms with Crippen molar-refractivity contribution in [2.75, 3.05) is 4.72 Å². The molecule has 0 bridgehead atoms. The predicted octanol–water partition coefficient (Wildman–Crippen LogP) is 0.914. The minimum Gasteiger partial charge on any atom is -0.332 e. The fourth-order valence-electron chi connectivity index (χ4n) is 1.17. The van der Waals surface area contributed by atoms with E-state index in [2.05, 4.69) is 19.7 Å². The quantitative estimate of drug-likeness (QED) is 0.832. The van der Waals surface area contributed by atoms with E-state index in [0.717, 1.165) is 0 Å². The van der Waals surface area contributed by atoms with E-state index < -0.39 is 10.0 Å². The van der Waals surface area contributed by atoms with Crippen LogP contribution in [0, 0.1) is 6.92 Å². The number of H-pyrrole nitrogens is 1. The Balaban J connectivity index is 2.28. The van der Waals surface area contributed by atoms with Crippen molar-refractivity contribution in [3.05, 3.63) is 36.5 Å². The highest BCUT2D eigenvalue weighted by atomic mass is 32.2. The first-order valence-electron chi connectivity index (χ1n) is 4.52. The molecule has 2 heterocycles. The van der Waals surface area contributed by atoms with E-state index in [-0.39, 0.29) is 5.03 Å². The molecule has 84 valence electrons. The Hall–Kier alpha value is -1.89. The first-order chi connectivity index (χ1) is 7.58. The summed E-state index contributed by atoms with van der Waals surface area (Å²) in [6.07, 6.45) is 4.27. The molecule has 0 amide bonds. The SMILES string of the molecule is Cc1ncc(S(=O)(=O)Nc2cccnc2)[nH]1. The predicted molar refractivity (Wildman–Crippen MR) is 58.4 cm³/mol. The van der Waals surface area contributed by atoms with Crippen molar-refractivity contribution in [1.29, 1.82) is 0 Å². The average molecular weight is 238 g/mol. The van der Waals surface area contributed by atoms with E-state index in [1.807, 2.05) is 0 Å². The van der Waals surface area contributed by atoms with Crippen LogP contribution in [0.5, 0.6) is 0 Å². The lowest BCUT2D eigenvalue weighted by Gasteiger charge is -2.04. The summed E-state index contributed by atoms with van der Waals surface area (Å²) in [5, 5.41) is 0.0360. The second-order valence-corrected chi connectivity index (χ2v) is 4.83. The van der Waals surface area contributed by atoms with Crippen LogP contribution >= 0.6 is 0 Å². The molecule has 0 fully saturated rings. The molecule has 7 heteroatoms. The lowest BCUT2D eigenvalue weighted by Crippen LogP contribution is -2.13. The van der Waals surface area contributed by atoms with Gasteiger partial charge in [-0.15, -0.1) is 0 Å². The molecular weight excluding hydrogens is 228 g/mol. The number of pyridine rings is 1. The van der Waals surface area contributed by atoms with E-state index in [4.69, 9.17) is 0 Å². The summed E-state index contributed by atoms with van der Waals surface area (Å²) < 4.78 is 26.0. The maximum absolute atomic E-state index is 11.8. The Kier molecular flexibility index (Phi) is 2.61. The van der Waals surface area contributed by atoms with Crippen molar-refractivity contribution in [3.63, 3.8) is 0 Å². The number of nitrogens with zero attached hydrogens (tertiary/aromatic N) is 2. The third-order valence-electron chi connectivity index (χ3n) is 1.88. The molecule has 0 saturated heterocycles. The van der Waals surface area contributed by atoms with Crippen molar-refractivity contribution in [1.82, 2.24) is 15.0 Å². The smallest absolute Gasteiger partial charge is 0.279 e. The van der Waals surface area contributed by atoms with Gasteiger partial charge in [-0.05, 0) is 19.1 Å². The van der Waals surface area contributed by atoms with Crippen molar-refractivity contribution in [3.8, 4) is 0 Å². The zero-order chi connectivity index (χ0) is 11.6. The Bertz CT molecular complexity index is 577. The van der Waals surface area contributed by atoms with Crippen LogP contribution in [0.15, 0.2) is 35.7 Å². The van der Waals surface area contributed by atoms with Crippen molar-refractivity contribution < 1.29 is 8.42 Å². The Morgan fingerprint density at radius 2 is 2.19 bits per heavy atom. The molecule has 16 heavy (non-hydrogen) atoms. The standard InChI is InChI=1S/C9H10N4O2S/c1-7-11-6-9(12-7)16(14,15)13-8-3-2-4-10-5-8/h2-6,13H,1H3,(H,11,12). The monoisotopic (exact) mass is 238 g/mol. The number of sulfonamides is 1. The van der Waals surface area contributed by atoms with Crippen molar-refractivity contribution >= 4 is 15.7 Å². The number of hydrogen-bond acceptors (Lipinski definition) is 4. The normalized spacial score (nSPS) is 11.3. The number of aryl methyl sites for hydroxylation is 1. The van der Waals surface area contributed by atoms with E-state index in [0.29, 0.717) is 11.5 Å². The van der Waals surface area contributed by atoms with Gasteiger partial charge in [-0.25, -0.2) is 4.98 Å². The summed E-state index contributed by atoms with van der Waals surface area (Å²) in [5.74, 6) is 0.548. The minimum atomic E-state index is -3.60. The van der Waals surface area contributed by atoms with E-state index in [9.17, 15) is 8.42 Å². The van der Waals surface area contributed by atoms with Gasteiger partial charge >= 0.3 is 0 Å². The van der Waals surface area contributed by atoms with Crippen molar-refractivity contribution in [2.45, 2.75) is 11.9 Å². The zero-order valence-electron chi connectivity index (χ0n) is 8.51. The Morgan fingerprint density at radius 3 is 2.75 bits per heavy atom. The average Bonchev–Trinajstić information content (AvgIpc) is 2.66. The second-order valence-electron chi connectivity index (χ2n) is 3.18. The number of rotatable bonds is 3. The maximum atomic E-state index is 11.8. The van der Waals surface area contributed by atoms with Gasteiger partial charge in [0.05, 0.1) is 18.1 Å². The van der Waals surface area contributed by atoms with Crippen LogP contribution in [-0.2, 0) is 10.0 Å². The molecule has 6 nitrogen and oxygen atoms in total. The highest BCUT2D eigenvalue weighted by molar-refractivity contribution is 7.92. The Labute approximate surface area is 92.8 Å². The lowest BCUT2D eigenvalue weighted by molar-refractivity contribution is 0.598. The van der Waals surface area contributed by atoms with Crippen LogP contribution in [0.3, 0.4) is 0 Å². The summed E-state index contributed by atoms with van der Waals surface area (Å²) in [4.78, 5) is 10.3. The molecule has 0 aliphatic carbocycles. The fourth-order valence-corrected chi connectivity index (χ4v) is 2.18. The first kappa shape index (κ1) is 10.6. The molecule has 0 radical (unpaired) electrons. The zero-order valence-corrected chi connectivity index (χ0v) is 9.32. The molecule has 0 saturated carbocycles. The third kappa shape index (κ3) is 2.19. The van der Waals surface area contributed by atoms with Gasteiger partial charge in [0, 0.05) is 6.20 Å². The van der Waals surface area contributed by atoms with E-state index >= 15 is 0 Å². The van der Waals surface area contributed by atoms with Crippen LogP contribution in [0.4, 0.5) is 5.69 Å². The number of hydrogen-bond donors (Lipinski definition) is 2. The molecule has 0 unspecified atom stereocenters. The number of anilines is 1. The van der Waals surface area contributed by atoms with Crippen LogP contribution in [-0.4, -0.2) is 23.4 Å². The van der Waals surface area contributed by atoms with Crippen LogP contribution in [0.2, 0.25) is 0 Å². The second kappa shape index (κ2) is 3.93. The number of aromatic nitrogens is 3. The third-order valence-corrected chi connectivity index (χ3v) is 3.17.